The van der Waals surface area contributed by atoms with Crippen LogP contribution in [0.15, 0.2) is 24.3 Å². The van der Waals surface area contributed by atoms with Gasteiger partial charge in [-0.05, 0) is 72.2 Å². The standard InChI is InChI=1S/C14H20INO/c1-12-3-2-8-16(11-12)9-10-17-14-6-4-13(15)5-7-14/h4-7,12H,2-3,8-11H2,1H3. The van der Waals surface area contributed by atoms with Gasteiger partial charge in [0.2, 0.25) is 0 Å². The number of ether oxygens (including phenoxy) is 1. The monoisotopic (exact) mass is 345 g/mol. The van der Waals surface area contributed by atoms with Gasteiger partial charge in [0.05, 0.1) is 0 Å². The van der Waals surface area contributed by atoms with Crippen molar-refractivity contribution in [2.75, 3.05) is 26.2 Å². The molecule has 1 aromatic carbocycles. The molecule has 0 amide bonds. The smallest absolute Gasteiger partial charge is 0.119 e. The number of piperidine rings is 1. The van der Waals surface area contributed by atoms with Crippen molar-refractivity contribution in [3.8, 4) is 5.75 Å². The van der Waals surface area contributed by atoms with Crippen LogP contribution in [-0.4, -0.2) is 31.1 Å². The van der Waals surface area contributed by atoms with Gasteiger partial charge >= 0.3 is 0 Å². The Morgan fingerprint density at radius 3 is 2.82 bits per heavy atom. The highest BCUT2D eigenvalue weighted by Gasteiger charge is 2.15. The molecule has 0 saturated carbocycles. The van der Waals surface area contributed by atoms with Gasteiger partial charge in [-0.3, -0.25) is 4.90 Å². The van der Waals surface area contributed by atoms with Crippen LogP contribution in [0.3, 0.4) is 0 Å². The third-order valence-electron chi connectivity index (χ3n) is 3.23. The highest BCUT2D eigenvalue weighted by Crippen LogP contribution is 2.16. The molecule has 1 unspecified atom stereocenters. The maximum Gasteiger partial charge on any atom is 0.119 e. The Morgan fingerprint density at radius 1 is 1.35 bits per heavy atom. The topological polar surface area (TPSA) is 12.5 Å². The van der Waals surface area contributed by atoms with E-state index in [2.05, 4.69) is 46.5 Å². The van der Waals surface area contributed by atoms with Gasteiger partial charge in [-0.2, -0.15) is 0 Å². The van der Waals surface area contributed by atoms with Gasteiger partial charge in [-0.15, -0.1) is 0 Å². The van der Waals surface area contributed by atoms with Gasteiger partial charge in [0.25, 0.3) is 0 Å². The maximum atomic E-state index is 5.75. The minimum absolute atomic E-state index is 0.799. The zero-order valence-electron chi connectivity index (χ0n) is 10.4. The molecule has 0 aliphatic carbocycles. The first kappa shape index (κ1) is 13.1. The van der Waals surface area contributed by atoms with Crippen LogP contribution in [0.5, 0.6) is 5.75 Å². The first-order valence-electron chi connectivity index (χ1n) is 6.35. The molecule has 2 nitrogen and oxygen atoms in total. The molecule has 0 radical (unpaired) electrons. The number of halogens is 1. The minimum Gasteiger partial charge on any atom is -0.492 e. The molecule has 1 aliphatic heterocycles. The van der Waals surface area contributed by atoms with Crippen molar-refractivity contribution in [1.82, 2.24) is 4.90 Å². The largest absolute Gasteiger partial charge is 0.492 e. The molecule has 1 heterocycles. The number of hydrogen-bond acceptors (Lipinski definition) is 2. The minimum atomic E-state index is 0.799. The molecule has 1 aromatic rings. The Hall–Kier alpha value is -0.290. The number of benzene rings is 1. The van der Waals surface area contributed by atoms with Crippen LogP contribution in [-0.2, 0) is 0 Å². The lowest BCUT2D eigenvalue weighted by Crippen LogP contribution is -2.37. The molecule has 0 N–H and O–H groups in total. The van der Waals surface area contributed by atoms with E-state index in [4.69, 9.17) is 4.74 Å². The van der Waals surface area contributed by atoms with E-state index in [-0.39, 0.29) is 0 Å². The lowest BCUT2D eigenvalue weighted by Gasteiger charge is -2.30. The fourth-order valence-corrected chi connectivity index (χ4v) is 2.67. The van der Waals surface area contributed by atoms with E-state index in [1.54, 1.807) is 0 Å². The fourth-order valence-electron chi connectivity index (χ4n) is 2.31. The first-order valence-corrected chi connectivity index (χ1v) is 7.42. The van der Waals surface area contributed by atoms with Crippen LogP contribution in [0.25, 0.3) is 0 Å². The molecule has 94 valence electrons. The fraction of sp³-hybridized carbons (Fsp3) is 0.571. The highest BCUT2D eigenvalue weighted by atomic mass is 127. The van der Waals surface area contributed by atoms with E-state index in [0.29, 0.717) is 0 Å². The summed E-state index contributed by atoms with van der Waals surface area (Å²) >= 11 is 2.31. The average molecular weight is 345 g/mol. The van der Waals surface area contributed by atoms with Crippen LogP contribution in [0, 0.1) is 9.49 Å². The van der Waals surface area contributed by atoms with E-state index in [9.17, 15) is 0 Å². The zero-order chi connectivity index (χ0) is 12.1. The second-order valence-corrected chi connectivity index (χ2v) is 6.10. The van der Waals surface area contributed by atoms with Crippen molar-refractivity contribution in [2.24, 2.45) is 5.92 Å². The maximum absolute atomic E-state index is 5.75. The highest BCUT2D eigenvalue weighted by molar-refractivity contribution is 14.1. The molecule has 0 bridgehead atoms. The Morgan fingerprint density at radius 2 is 2.12 bits per heavy atom. The second kappa shape index (κ2) is 6.59. The van der Waals surface area contributed by atoms with E-state index in [1.165, 1.54) is 29.5 Å². The molecule has 1 fully saturated rings. The predicted molar refractivity (Wildman–Crippen MR) is 79.5 cm³/mol. The molecule has 17 heavy (non-hydrogen) atoms. The molecule has 0 spiro atoms. The summed E-state index contributed by atoms with van der Waals surface area (Å²) in [6.45, 7) is 6.66. The summed E-state index contributed by atoms with van der Waals surface area (Å²) < 4.78 is 7.00. The quantitative estimate of drug-likeness (QED) is 0.776. The van der Waals surface area contributed by atoms with E-state index in [1.807, 2.05) is 12.1 Å². The molecule has 1 atom stereocenters. The summed E-state index contributed by atoms with van der Waals surface area (Å²) in [6.07, 6.45) is 2.72. The van der Waals surface area contributed by atoms with Crippen molar-refractivity contribution in [3.05, 3.63) is 27.8 Å². The van der Waals surface area contributed by atoms with Crippen LogP contribution in [0.2, 0.25) is 0 Å². The van der Waals surface area contributed by atoms with E-state index >= 15 is 0 Å². The molecule has 1 saturated heterocycles. The number of nitrogens with zero attached hydrogens (tertiary/aromatic N) is 1. The van der Waals surface area contributed by atoms with E-state index < -0.39 is 0 Å². The van der Waals surface area contributed by atoms with Gasteiger partial charge in [-0.25, -0.2) is 0 Å². The summed E-state index contributed by atoms with van der Waals surface area (Å²) in [6, 6.07) is 8.25. The van der Waals surface area contributed by atoms with Crippen molar-refractivity contribution < 1.29 is 4.74 Å². The molecule has 1 aliphatic rings. The van der Waals surface area contributed by atoms with Gasteiger partial charge < -0.3 is 4.74 Å². The first-order chi connectivity index (χ1) is 8.24. The van der Waals surface area contributed by atoms with Crippen molar-refractivity contribution in [2.45, 2.75) is 19.8 Å². The zero-order valence-corrected chi connectivity index (χ0v) is 12.5. The summed E-state index contributed by atoms with van der Waals surface area (Å²) in [4.78, 5) is 2.51. The average Bonchev–Trinajstić information content (AvgIpc) is 2.32. The molecular formula is C14H20INO. The Bertz CT molecular complexity index is 339. The molecular weight excluding hydrogens is 325 g/mol. The summed E-state index contributed by atoms with van der Waals surface area (Å²) in [5.41, 5.74) is 0. The molecule has 0 aromatic heterocycles. The summed E-state index contributed by atoms with van der Waals surface area (Å²) in [5.74, 6) is 1.83. The predicted octanol–water partition coefficient (Wildman–Crippen LogP) is 3.40. The Labute approximate surface area is 117 Å². The van der Waals surface area contributed by atoms with Crippen molar-refractivity contribution in [1.29, 1.82) is 0 Å². The lowest BCUT2D eigenvalue weighted by molar-refractivity contribution is 0.153. The number of hydrogen-bond donors (Lipinski definition) is 0. The SMILES string of the molecule is CC1CCCN(CCOc2ccc(I)cc2)C1. The normalized spacial score (nSPS) is 21.4. The molecule has 3 heteroatoms. The van der Waals surface area contributed by atoms with Crippen molar-refractivity contribution in [3.63, 3.8) is 0 Å². The van der Waals surface area contributed by atoms with Gasteiger partial charge in [0.1, 0.15) is 12.4 Å². The van der Waals surface area contributed by atoms with E-state index in [0.717, 1.165) is 24.8 Å². The van der Waals surface area contributed by atoms with Crippen LogP contribution in [0.1, 0.15) is 19.8 Å². The molecule has 2 rings (SSSR count). The van der Waals surface area contributed by atoms with Gasteiger partial charge in [0.15, 0.2) is 0 Å². The van der Waals surface area contributed by atoms with Crippen LogP contribution < -0.4 is 4.74 Å². The van der Waals surface area contributed by atoms with Crippen LogP contribution in [0.4, 0.5) is 0 Å². The second-order valence-electron chi connectivity index (χ2n) is 4.85. The van der Waals surface area contributed by atoms with Crippen molar-refractivity contribution >= 4 is 22.6 Å². The summed E-state index contributed by atoms with van der Waals surface area (Å²) in [5, 5.41) is 0. The third-order valence-corrected chi connectivity index (χ3v) is 3.95. The Kier molecular flexibility index (Phi) is 5.10. The third kappa shape index (κ3) is 4.47. The Balaban J connectivity index is 1.70. The number of likely N-dealkylation sites (tertiary alicyclic amines) is 1. The number of rotatable bonds is 4. The summed E-state index contributed by atoms with van der Waals surface area (Å²) in [7, 11) is 0. The van der Waals surface area contributed by atoms with Gasteiger partial charge in [0, 0.05) is 16.7 Å². The van der Waals surface area contributed by atoms with Crippen LogP contribution >= 0.6 is 22.6 Å². The van der Waals surface area contributed by atoms with Gasteiger partial charge in [-0.1, -0.05) is 6.92 Å². The lowest BCUT2D eigenvalue weighted by atomic mass is 10.0.